The van der Waals surface area contributed by atoms with Crippen molar-refractivity contribution in [2.75, 3.05) is 0 Å². The van der Waals surface area contributed by atoms with Crippen molar-refractivity contribution in [3.8, 4) is 0 Å². The van der Waals surface area contributed by atoms with E-state index in [2.05, 4.69) is 6.92 Å². The van der Waals surface area contributed by atoms with Crippen LogP contribution in [0.1, 0.15) is 46.5 Å². The van der Waals surface area contributed by atoms with Crippen LogP contribution in [0.3, 0.4) is 0 Å². The fraction of sp³-hybridized carbons (Fsp3) is 1.00. The Morgan fingerprint density at radius 3 is 2.20 bits per heavy atom. The van der Waals surface area contributed by atoms with Gasteiger partial charge in [0.25, 0.3) is 0 Å². The molecule has 0 spiro atoms. The summed E-state index contributed by atoms with van der Waals surface area (Å²) in [6.45, 7) is 6.00. The Bertz CT molecular complexity index is 69.1. The molecule has 10 heavy (non-hydrogen) atoms. The van der Waals surface area contributed by atoms with E-state index >= 15 is 0 Å². The zero-order chi connectivity index (χ0) is 7.98. The molecule has 0 aliphatic carbocycles. The Morgan fingerprint density at radius 1 is 1.20 bits per heavy atom. The van der Waals surface area contributed by atoms with Crippen LogP contribution in [0.4, 0.5) is 0 Å². The molecule has 0 aromatic carbocycles. The van der Waals surface area contributed by atoms with E-state index < -0.39 is 0 Å². The fourth-order valence-corrected chi connectivity index (χ4v) is 0.951. The summed E-state index contributed by atoms with van der Waals surface area (Å²) in [5.41, 5.74) is 0. The summed E-state index contributed by atoms with van der Waals surface area (Å²) in [4.78, 5) is 0. The third-order valence-electron chi connectivity index (χ3n) is 2.06. The van der Waals surface area contributed by atoms with Crippen molar-refractivity contribution in [1.29, 1.82) is 0 Å². The molecule has 0 amide bonds. The Labute approximate surface area is 64.5 Å². The summed E-state index contributed by atoms with van der Waals surface area (Å²) < 4.78 is 0. The Kier molecular flexibility index (Phi) is 5.70. The van der Waals surface area contributed by atoms with Crippen LogP contribution in [-0.4, -0.2) is 6.10 Å². The van der Waals surface area contributed by atoms with E-state index in [0.717, 1.165) is 6.42 Å². The van der Waals surface area contributed by atoms with Crippen LogP contribution in [-0.2, 0) is 5.11 Å². The van der Waals surface area contributed by atoms with E-state index in [0.29, 0.717) is 5.92 Å². The zero-order valence-electron chi connectivity index (χ0n) is 7.39. The third kappa shape index (κ3) is 4.80. The van der Waals surface area contributed by atoms with E-state index in [1.165, 1.54) is 19.3 Å². The van der Waals surface area contributed by atoms with Gasteiger partial charge in [-0.05, 0) is 19.3 Å². The molecule has 0 aromatic heterocycles. The molecule has 1 heteroatoms. The van der Waals surface area contributed by atoms with E-state index in [1.807, 2.05) is 6.92 Å². The lowest BCUT2D eigenvalue weighted by Gasteiger charge is -2.11. The Balaban J connectivity index is 3.13. The standard InChI is InChI=1S/C9H19O/c1-4-5-6-7-8(2)9(3)10/h8-9H,4-7H2,1-3H3. The van der Waals surface area contributed by atoms with Gasteiger partial charge in [0, 0.05) is 0 Å². The normalized spacial score (nSPS) is 16.8. The highest BCUT2D eigenvalue weighted by molar-refractivity contribution is 4.58. The quantitative estimate of drug-likeness (QED) is 0.527. The summed E-state index contributed by atoms with van der Waals surface area (Å²) in [6.07, 6.45) is 4.48. The van der Waals surface area contributed by atoms with Crippen LogP contribution in [0.15, 0.2) is 0 Å². The Hall–Kier alpha value is -0.0400. The maximum Gasteiger partial charge on any atom is 0.0927 e. The molecule has 61 valence electrons. The summed E-state index contributed by atoms with van der Waals surface area (Å²) in [5.74, 6) is 0.367. The van der Waals surface area contributed by atoms with Gasteiger partial charge in [-0.1, -0.05) is 33.1 Å². The van der Waals surface area contributed by atoms with E-state index in [9.17, 15) is 5.11 Å². The predicted octanol–water partition coefficient (Wildman–Crippen LogP) is 3.02. The van der Waals surface area contributed by atoms with Crippen molar-refractivity contribution in [3.63, 3.8) is 0 Å². The number of hydrogen-bond donors (Lipinski definition) is 0. The van der Waals surface area contributed by atoms with E-state index in [-0.39, 0.29) is 6.10 Å². The van der Waals surface area contributed by atoms with E-state index in [1.54, 1.807) is 6.92 Å². The molecular formula is C9H19O. The van der Waals surface area contributed by atoms with Gasteiger partial charge >= 0.3 is 0 Å². The van der Waals surface area contributed by atoms with Crippen molar-refractivity contribution in [2.24, 2.45) is 5.92 Å². The first-order valence-electron chi connectivity index (χ1n) is 4.34. The SMILES string of the molecule is CCCCCC(C)C(C)[O]. The van der Waals surface area contributed by atoms with Crippen LogP contribution in [0.5, 0.6) is 0 Å². The first-order valence-corrected chi connectivity index (χ1v) is 4.34. The lowest BCUT2D eigenvalue weighted by Crippen LogP contribution is -2.10. The molecule has 1 radical (unpaired) electrons. The van der Waals surface area contributed by atoms with Crippen LogP contribution < -0.4 is 0 Å². The molecule has 0 aliphatic rings. The first-order chi connectivity index (χ1) is 4.68. The number of hydrogen-bond acceptors (Lipinski definition) is 0. The van der Waals surface area contributed by atoms with E-state index in [4.69, 9.17) is 0 Å². The lowest BCUT2D eigenvalue weighted by atomic mass is 9.99. The molecule has 0 bridgehead atoms. The molecule has 0 saturated carbocycles. The molecule has 0 N–H and O–H groups in total. The van der Waals surface area contributed by atoms with Crippen LogP contribution in [0, 0.1) is 5.92 Å². The number of rotatable bonds is 5. The summed E-state index contributed by atoms with van der Waals surface area (Å²) in [5, 5.41) is 10.8. The topological polar surface area (TPSA) is 19.9 Å². The molecule has 1 nitrogen and oxygen atoms in total. The van der Waals surface area contributed by atoms with Gasteiger partial charge in [0.1, 0.15) is 0 Å². The highest BCUT2D eigenvalue weighted by Gasteiger charge is 2.08. The highest BCUT2D eigenvalue weighted by atomic mass is 16.3. The predicted molar refractivity (Wildman–Crippen MR) is 43.5 cm³/mol. The van der Waals surface area contributed by atoms with Crippen molar-refractivity contribution in [1.82, 2.24) is 0 Å². The molecule has 0 saturated heterocycles. The van der Waals surface area contributed by atoms with Crippen molar-refractivity contribution in [3.05, 3.63) is 0 Å². The summed E-state index contributed by atoms with van der Waals surface area (Å²) in [6, 6.07) is 0. The minimum absolute atomic E-state index is 0.367. The minimum Gasteiger partial charge on any atom is -0.233 e. The maximum absolute atomic E-state index is 10.8. The monoisotopic (exact) mass is 143 g/mol. The van der Waals surface area contributed by atoms with Gasteiger partial charge in [-0.3, -0.25) is 0 Å². The maximum atomic E-state index is 10.8. The molecular weight excluding hydrogens is 124 g/mol. The Morgan fingerprint density at radius 2 is 1.80 bits per heavy atom. The van der Waals surface area contributed by atoms with Crippen molar-refractivity contribution < 1.29 is 5.11 Å². The second kappa shape index (κ2) is 5.72. The molecule has 0 rings (SSSR count). The summed E-state index contributed by atoms with van der Waals surface area (Å²) in [7, 11) is 0. The molecule has 0 aromatic rings. The smallest absolute Gasteiger partial charge is 0.0927 e. The third-order valence-corrected chi connectivity index (χ3v) is 2.06. The average molecular weight is 143 g/mol. The first kappa shape index (κ1) is 9.96. The van der Waals surface area contributed by atoms with Crippen LogP contribution in [0.25, 0.3) is 0 Å². The summed E-state index contributed by atoms with van der Waals surface area (Å²) >= 11 is 0. The minimum atomic E-state index is -0.378. The second-order valence-corrected chi connectivity index (χ2v) is 3.18. The molecule has 0 aliphatic heterocycles. The van der Waals surface area contributed by atoms with Gasteiger partial charge in [0.2, 0.25) is 0 Å². The largest absolute Gasteiger partial charge is 0.233 e. The van der Waals surface area contributed by atoms with Gasteiger partial charge < -0.3 is 0 Å². The second-order valence-electron chi connectivity index (χ2n) is 3.18. The van der Waals surface area contributed by atoms with Crippen LogP contribution in [0.2, 0.25) is 0 Å². The highest BCUT2D eigenvalue weighted by Crippen LogP contribution is 2.12. The fourth-order valence-electron chi connectivity index (χ4n) is 0.951. The van der Waals surface area contributed by atoms with Gasteiger partial charge in [-0.2, -0.15) is 0 Å². The van der Waals surface area contributed by atoms with Crippen LogP contribution >= 0.6 is 0 Å². The molecule has 2 unspecified atom stereocenters. The van der Waals surface area contributed by atoms with Gasteiger partial charge in [0.15, 0.2) is 0 Å². The average Bonchev–Trinajstić information content (AvgIpc) is 1.88. The van der Waals surface area contributed by atoms with Gasteiger partial charge in [0.05, 0.1) is 6.10 Å². The van der Waals surface area contributed by atoms with Gasteiger partial charge in [-0.15, -0.1) is 0 Å². The zero-order valence-corrected chi connectivity index (χ0v) is 7.39. The molecule has 0 fully saturated rings. The van der Waals surface area contributed by atoms with Crippen molar-refractivity contribution in [2.45, 2.75) is 52.6 Å². The molecule has 0 heterocycles. The van der Waals surface area contributed by atoms with Crippen molar-refractivity contribution >= 4 is 0 Å². The number of unbranched alkanes of at least 4 members (excludes halogenated alkanes) is 2. The van der Waals surface area contributed by atoms with Gasteiger partial charge in [-0.25, -0.2) is 5.11 Å². The molecule has 2 atom stereocenters. The lowest BCUT2D eigenvalue weighted by molar-refractivity contribution is 0.0547.